The van der Waals surface area contributed by atoms with E-state index < -0.39 is 17.2 Å². The lowest BCUT2D eigenvalue weighted by Crippen LogP contribution is -2.31. The second-order valence-corrected chi connectivity index (χ2v) is 9.09. The minimum atomic E-state index is -0.519. The van der Waals surface area contributed by atoms with Crippen molar-refractivity contribution < 1.29 is 14.3 Å². The van der Waals surface area contributed by atoms with Crippen LogP contribution in [0.5, 0.6) is 0 Å². The summed E-state index contributed by atoms with van der Waals surface area (Å²) < 4.78 is 8.03. The van der Waals surface area contributed by atoms with Gasteiger partial charge in [0.1, 0.15) is 10.8 Å². The van der Waals surface area contributed by atoms with E-state index >= 15 is 0 Å². The van der Waals surface area contributed by atoms with E-state index in [0.717, 1.165) is 12.8 Å². The monoisotopic (exact) mass is 475 g/mol. The van der Waals surface area contributed by atoms with Gasteiger partial charge in [0, 0.05) is 25.9 Å². The molecule has 0 spiro atoms. The Hall–Kier alpha value is -3.21. The van der Waals surface area contributed by atoms with Crippen LogP contribution in [0.4, 0.5) is 5.00 Å². The standard InChI is InChI=1S/C22H29N5O5S/c1-5-6-10-26-18-17(19(29)25-22(26)31)27(12-13(2)3)15(23-18)7-8-16(28)24-20-14(9-11-33-20)21(30)32-4/h9,11,13H,5-8,10,12H2,1-4H3,(H,24,28)(H,25,29,31). The zero-order valence-corrected chi connectivity index (χ0v) is 20.1. The number of hydrogen-bond donors (Lipinski definition) is 2. The van der Waals surface area contributed by atoms with Gasteiger partial charge in [-0.1, -0.05) is 27.2 Å². The van der Waals surface area contributed by atoms with Crippen molar-refractivity contribution in [2.75, 3.05) is 12.4 Å². The van der Waals surface area contributed by atoms with Crippen molar-refractivity contribution >= 4 is 39.4 Å². The third-order valence-corrected chi connectivity index (χ3v) is 5.98. The van der Waals surface area contributed by atoms with E-state index in [9.17, 15) is 19.2 Å². The SMILES string of the molecule is CCCCn1c(=O)[nH]c(=O)c2c1nc(CCC(=O)Nc1sccc1C(=O)OC)n2CC(C)C. The number of imidazole rings is 1. The van der Waals surface area contributed by atoms with Gasteiger partial charge >= 0.3 is 11.7 Å². The van der Waals surface area contributed by atoms with Crippen LogP contribution in [0.15, 0.2) is 21.0 Å². The molecule has 3 heterocycles. The molecule has 0 aromatic carbocycles. The highest BCUT2D eigenvalue weighted by Gasteiger charge is 2.20. The van der Waals surface area contributed by atoms with E-state index in [1.165, 1.54) is 23.0 Å². The maximum absolute atomic E-state index is 12.7. The molecule has 2 N–H and O–H groups in total. The van der Waals surface area contributed by atoms with E-state index in [1.54, 1.807) is 16.0 Å². The van der Waals surface area contributed by atoms with Crippen molar-refractivity contribution in [3.05, 3.63) is 43.7 Å². The summed E-state index contributed by atoms with van der Waals surface area (Å²) in [6.45, 7) is 7.05. The van der Waals surface area contributed by atoms with Crippen LogP contribution in [0.3, 0.4) is 0 Å². The van der Waals surface area contributed by atoms with Gasteiger partial charge in [-0.15, -0.1) is 11.3 Å². The topological polar surface area (TPSA) is 128 Å². The second kappa shape index (κ2) is 10.6. The smallest absolute Gasteiger partial charge is 0.340 e. The molecule has 10 nitrogen and oxygen atoms in total. The molecule has 0 fully saturated rings. The van der Waals surface area contributed by atoms with Crippen LogP contribution < -0.4 is 16.6 Å². The fourth-order valence-corrected chi connectivity index (χ4v) is 4.38. The highest BCUT2D eigenvalue weighted by atomic mass is 32.1. The second-order valence-electron chi connectivity index (χ2n) is 8.17. The summed E-state index contributed by atoms with van der Waals surface area (Å²) in [7, 11) is 1.28. The average Bonchev–Trinajstić information content (AvgIpc) is 3.36. The molecule has 0 aliphatic rings. The van der Waals surface area contributed by atoms with E-state index in [4.69, 9.17) is 4.74 Å². The number of amides is 1. The molecule has 0 saturated heterocycles. The minimum Gasteiger partial charge on any atom is -0.465 e. The van der Waals surface area contributed by atoms with Gasteiger partial charge in [-0.3, -0.25) is 19.1 Å². The number of esters is 1. The molecule has 178 valence electrons. The minimum absolute atomic E-state index is 0.0943. The molecule has 1 amide bonds. The Kier molecular flexibility index (Phi) is 7.85. The fraction of sp³-hybridized carbons (Fsp3) is 0.500. The fourth-order valence-electron chi connectivity index (χ4n) is 3.59. The Morgan fingerprint density at radius 2 is 2.03 bits per heavy atom. The molecule has 3 rings (SSSR count). The van der Waals surface area contributed by atoms with Crippen LogP contribution in [0.1, 0.15) is 56.2 Å². The molecule has 0 radical (unpaired) electrons. The zero-order chi connectivity index (χ0) is 24.1. The van der Waals surface area contributed by atoms with Crippen LogP contribution >= 0.6 is 11.3 Å². The third-order valence-electron chi connectivity index (χ3n) is 5.15. The first-order valence-corrected chi connectivity index (χ1v) is 11.8. The number of methoxy groups -OCH3 is 1. The first-order valence-electron chi connectivity index (χ1n) is 10.9. The summed E-state index contributed by atoms with van der Waals surface area (Å²) in [4.78, 5) is 56.5. The Bertz CT molecular complexity index is 1270. The largest absolute Gasteiger partial charge is 0.465 e. The molecular formula is C22H29N5O5S. The van der Waals surface area contributed by atoms with Gasteiger partial charge in [-0.2, -0.15) is 0 Å². The number of thiophene rings is 1. The number of anilines is 1. The van der Waals surface area contributed by atoms with E-state index in [2.05, 4.69) is 15.3 Å². The average molecular weight is 476 g/mol. The predicted molar refractivity (Wildman–Crippen MR) is 127 cm³/mol. The van der Waals surface area contributed by atoms with E-state index in [0.29, 0.717) is 40.6 Å². The summed E-state index contributed by atoms with van der Waals surface area (Å²) in [5, 5.41) is 4.87. The number of nitrogens with one attached hydrogen (secondary N) is 2. The van der Waals surface area contributed by atoms with Crippen LogP contribution in [0.25, 0.3) is 11.2 Å². The van der Waals surface area contributed by atoms with E-state index in [-0.39, 0.29) is 24.7 Å². The number of carbonyl (C=O) groups excluding carboxylic acids is 2. The zero-order valence-electron chi connectivity index (χ0n) is 19.3. The van der Waals surface area contributed by atoms with Crippen molar-refractivity contribution in [3.63, 3.8) is 0 Å². The number of H-pyrrole nitrogens is 1. The molecule has 33 heavy (non-hydrogen) atoms. The Morgan fingerprint density at radius 3 is 2.70 bits per heavy atom. The summed E-state index contributed by atoms with van der Waals surface area (Å²) in [6.07, 6.45) is 2.03. The maximum atomic E-state index is 12.7. The number of rotatable bonds is 10. The van der Waals surface area contributed by atoms with Gasteiger partial charge < -0.3 is 14.6 Å². The summed E-state index contributed by atoms with van der Waals surface area (Å²) >= 11 is 1.23. The molecule has 0 unspecified atom stereocenters. The first-order chi connectivity index (χ1) is 15.8. The van der Waals surface area contributed by atoms with Gasteiger partial charge in [0.2, 0.25) is 5.91 Å². The molecule has 11 heteroatoms. The Labute approximate surface area is 194 Å². The molecule has 3 aromatic rings. The van der Waals surface area contributed by atoms with Crippen molar-refractivity contribution in [2.24, 2.45) is 5.92 Å². The highest BCUT2D eigenvalue weighted by molar-refractivity contribution is 7.14. The molecule has 3 aromatic heterocycles. The summed E-state index contributed by atoms with van der Waals surface area (Å²) in [6, 6.07) is 1.59. The number of nitrogens with zero attached hydrogens (tertiary/aromatic N) is 3. The summed E-state index contributed by atoms with van der Waals surface area (Å²) in [5.74, 6) is -0.0220. The maximum Gasteiger partial charge on any atom is 0.340 e. The number of fused-ring (bicyclic) bond motifs is 1. The Balaban J connectivity index is 1.90. The molecule has 0 aliphatic carbocycles. The third kappa shape index (κ3) is 5.41. The number of aromatic nitrogens is 4. The molecule has 0 aliphatic heterocycles. The number of hydrogen-bond acceptors (Lipinski definition) is 7. The van der Waals surface area contributed by atoms with Gasteiger partial charge in [-0.05, 0) is 23.8 Å². The molecule has 0 atom stereocenters. The normalized spacial score (nSPS) is 11.3. The van der Waals surface area contributed by atoms with Gasteiger partial charge in [0.15, 0.2) is 11.2 Å². The number of ether oxygens (including phenoxy) is 1. The predicted octanol–water partition coefficient (Wildman–Crippen LogP) is 2.76. The van der Waals surface area contributed by atoms with Crippen LogP contribution in [0.2, 0.25) is 0 Å². The number of aromatic amines is 1. The van der Waals surface area contributed by atoms with Gasteiger partial charge in [-0.25, -0.2) is 14.6 Å². The first kappa shape index (κ1) is 24.4. The quantitative estimate of drug-likeness (QED) is 0.434. The Morgan fingerprint density at radius 1 is 1.27 bits per heavy atom. The van der Waals surface area contributed by atoms with Crippen LogP contribution in [0, 0.1) is 5.92 Å². The molecule has 0 saturated carbocycles. The summed E-state index contributed by atoms with van der Waals surface area (Å²) in [5.41, 5.74) is 0.0373. The molecular weight excluding hydrogens is 446 g/mol. The van der Waals surface area contributed by atoms with Crippen molar-refractivity contribution in [3.8, 4) is 0 Å². The van der Waals surface area contributed by atoms with Crippen molar-refractivity contribution in [1.29, 1.82) is 0 Å². The highest BCUT2D eigenvalue weighted by Crippen LogP contribution is 2.24. The van der Waals surface area contributed by atoms with Gasteiger partial charge in [0.25, 0.3) is 5.56 Å². The molecule has 0 bridgehead atoms. The van der Waals surface area contributed by atoms with E-state index in [1.807, 2.05) is 20.8 Å². The lowest BCUT2D eigenvalue weighted by atomic mass is 10.2. The number of carbonyl (C=O) groups is 2. The lowest BCUT2D eigenvalue weighted by molar-refractivity contribution is -0.116. The van der Waals surface area contributed by atoms with Gasteiger partial charge in [0.05, 0.1) is 12.7 Å². The number of aryl methyl sites for hydroxylation is 2. The van der Waals surface area contributed by atoms with Crippen molar-refractivity contribution in [2.45, 2.75) is 59.5 Å². The van der Waals surface area contributed by atoms with Crippen molar-refractivity contribution in [1.82, 2.24) is 19.1 Å². The lowest BCUT2D eigenvalue weighted by Gasteiger charge is -2.11. The van der Waals surface area contributed by atoms with Crippen LogP contribution in [-0.4, -0.2) is 38.1 Å². The van der Waals surface area contributed by atoms with Crippen LogP contribution in [-0.2, 0) is 29.0 Å². The number of unbranched alkanes of at least 4 members (excludes halogenated alkanes) is 1.